The molecule has 0 radical (unpaired) electrons. The van der Waals surface area contributed by atoms with Crippen LogP contribution in [0.5, 0.6) is 0 Å². The van der Waals surface area contributed by atoms with Gasteiger partial charge in [0.15, 0.2) is 0 Å². The van der Waals surface area contributed by atoms with Crippen molar-refractivity contribution in [1.82, 2.24) is 5.32 Å². The van der Waals surface area contributed by atoms with Crippen LogP contribution in [0.4, 0.5) is 8.78 Å². The van der Waals surface area contributed by atoms with Gasteiger partial charge in [0.1, 0.15) is 6.61 Å². The lowest BCUT2D eigenvalue weighted by molar-refractivity contribution is -0.177. The van der Waals surface area contributed by atoms with Gasteiger partial charge >= 0.3 is 0 Å². The molecule has 2 saturated carbocycles. The van der Waals surface area contributed by atoms with Gasteiger partial charge < -0.3 is 15.2 Å². The summed E-state index contributed by atoms with van der Waals surface area (Å²) in [6.45, 7) is 1.13. The van der Waals surface area contributed by atoms with Gasteiger partial charge in [-0.2, -0.15) is 0 Å². The van der Waals surface area contributed by atoms with Crippen molar-refractivity contribution in [3.63, 3.8) is 0 Å². The van der Waals surface area contributed by atoms with Crippen LogP contribution in [-0.4, -0.2) is 42.9 Å². The van der Waals surface area contributed by atoms with Crippen LogP contribution < -0.4 is 5.32 Å². The highest BCUT2D eigenvalue weighted by atomic mass is 19.3. The zero-order valence-electron chi connectivity index (χ0n) is 10.2. The molecule has 0 aromatic rings. The van der Waals surface area contributed by atoms with E-state index >= 15 is 0 Å². The molecule has 100 valence electrons. The number of hydrogen-bond acceptors (Lipinski definition) is 3. The maximum absolute atomic E-state index is 12.9. The summed E-state index contributed by atoms with van der Waals surface area (Å²) in [5, 5.41) is 11.4. The summed E-state index contributed by atoms with van der Waals surface area (Å²) in [5.41, 5.74) is 0.0988. The molecule has 0 amide bonds. The van der Waals surface area contributed by atoms with Crippen LogP contribution in [-0.2, 0) is 4.74 Å². The Bertz CT molecular complexity index is 269. The zero-order valence-corrected chi connectivity index (χ0v) is 10.2. The molecule has 2 atom stereocenters. The highest BCUT2D eigenvalue weighted by molar-refractivity contribution is 5.12. The van der Waals surface area contributed by atoms with Gasteiger partial charge in [0.05, 0.1) is 12.6 Å². The van der Waals surface area contributed by atoms with Gasteiger partial charge in [0.2, 0.25) is 0 Å². The Morgan fingerprint density at radius 2 is 2.18 bits per heavy atom. The average molecular weight is 249 g/mol. The molecule has 2 unspecified atom stereocenters. The lowest BCUT2D eigenvalue weighted by Crippen LogP contribution is -2.67. The van der Waals surface area contributed by atoms with Crippen LogP contribution in [0.15, 0.2) is 0 Å². The maximum atomic E-state index is 12.9. The first-order valence-electron chi connectivity index (χ1n) is 6.38. The molecule has 5 heteroatoms. The molecule has 17 heavy (non-hydrogen) atoms. The molecule has 0 saturated heterocycles. The molecule has 1 spiro atoms. The largest absolute Gasteiger partial charge is 0.390 e. The molecule has 0 bridgehead atoms. The smallest absolute Gasteiger partial charge is 0.282 e. The first-order chi connectivity index (χ1) is 8.04. The molecule has 0 aliphatic heterocycles. The number of ether oxygens (including phenoxy) is 1. The fraction of sp³-hybridized carbons (Fsp3) is 1.00. The van der Waals surface area contributed by atoms with E-state index in [1.165, 1.54) is 0 Å². The first kappa shape index (κ1) is 13.2. The van der Waals surface area contributed by atoms with Crippen molar-refractivity contribution in [2.75, 3.05) is 19.8 Å². The van der Waals surface area contributed by atoms with E-state index in [1.54, 1.807) is 0 Å². The van der Waals surface area contributed by atoms with Crippen molar-refractivity contribution in [1.29, 1.82) is 0 Å². The van der Waals surface area contributed by atoms with Gasteiger partial charge in [-0.25, -0.2) is 8.78 Å². The van der Waals surface area contributed by atoms with Gasteiger partial charge in [-0.05, 0) is 26.2 Å². The fourth-order valence-corrected chi connectivity index (χ4v) is 3.05. The van der Waals surface area contributed by atoms with E-state index in [0.29, 0.717) is 6.61 Å². The van der Waals surface area contributed by atoms with Crippen molar-refractivity contribution in [2.24, 2.45) is 5.41 Å². The number of rotatable bonds is 6. The van der Waals surface area contributed by atoms with Gasteiger partial charge in [-0.3, -0.25) is 0 Å². The monoisotopic (exact) mass is 249 g/mol. The molecule has 3 nitrogen and oxygen atoms in total. The fourth-order valence-electron chi connectivity index (χ4n) is 3.05. The van der Waals surface area contributed by atoms with Crippen LogP contribution in [0.2, 0.25) is 0 Å². The lowest BCUT2D eigenvalue weighted by atomic mass is 9.51. The Balaban J connectivity index is 1.83. The van der Waals surface area contributed by atoms with Crippen molar-refractivity contribution in [3.05, 3.63) is 0 Å². The predicted octanol–water partition coefficient (Wildman–Crippen LogP) is 1.55. The summed E-state index contributed by atoms with van der Waals surface area (Å²) < 4.78 is 31.5. The highest BCUT2D eigenvalue weighted by Gasteiger charge is 2.58. The standard InChI is InChI=1S/C12H21F2NO2/c1-2-17-10-6-9(11(10)4-3-5-11)15-7-12(13,14)8-16/h9-10,15-16H,2-8H2,1H3. The molecule has 2 N–H and O–H groups in total. The van der Waals surface area contributed by atoms with Crippen LogP contribution in [0.25, 0.3) is 0 Å². The van der Waals surface area contributed by atoms with E-state index in [-0.39, 0.29) is 17.6 Å². The second kappa shape index (κ2) is 4.78. The predicted molar refractivity (Wildman–Crippen MR) is 60.1 cm³/mol. The third kappa shape index (κ3) is 2.33. The number of alkyl halides is 2. The number of nitrogens with one attached hydrogen (secondary N) is 1. The highest BCUT2D eigenvalue weighted by Crippen LogP contribution is 2.57. The zero-order chi connectivity index (χ0) is 12.5. The molecule has 0 aromatic heterocycles. The van der Waals surface area contributed by atoms with Crippen LogP contribution in [0.3, 0.4) is 0 Å². The summed E-state index contributed by atoms with van der Waals surface area (Å²) >= 11 is 0. The van der Waals surface area contributed by atoms with E-state index in [1.807, 2.05) is 6.92 Å². The molecular weight excluding hydrogens is 228 g/mol. The molecule has 2 rings (SSSR count). The summed E-state index contributed by atoms with van der Waals surface area (Å²) in [7, 11) is 0. The molecule has 2 fully saturated rings. The second-order valence-corrected chi connectivity index (χ2v) is 5.21. The minimum atomic E-state index is -3.01. The topological polar surface area (TPSA) is 41.5 Å². The minimum absolute atomic E-state index is 0.0988. The Morgan fingerprint density at radius 1 is 1.47 bits per heavy atom. The first-order valence-corrected chi connectivity index (χ1v) is 6.38. The maximum Gasteiger partial charge on any atom is 0.282 e. The molecule has 2 aliphatic rings. The summed E-state index contributed by atoms with van der Waals surface area (Å²) in [6, 6.07) is 0.130. The number of aliphatic hydroxyl groups is 1. The SMILES string of the molecule is CCOC1CC(NCC(F)(F)CO)C12CCC2. The van der Waals surface area contributed by atoms with Gasteiger partial charge in [-0.1, -0.05) is 6.42 Å². The van der Waals surface area contributed by atoms with E-state index in [0.717, 1.165) is 25.7 Å². The van der Waals surface area contributed by atoms with Gasteiger partial charge in [0.25, 0.3) is 5.92 Å². The lowest BCUT2D eigenvalue weighted by Gasteiger charge is -2.61. The normalized spacial score (nSPS) is 31.1. The van der Waals surface area contributed by atoms with Crippen molar-refractivity contribution >= 4 is 0 Å². The van der Waals surface area contributed by atoms with Crippen molar-refractivity contribution in [2.45, 2.75) is 50.7 Å². The Kier molecular flexibility index (Phi) is 3.71. The van der Waals surface area contributed by atoms with E-state index in [9.17, 15) is 8.78 Å². The van der Waals surface area contributed by atoms with Crippen LogP contribution >= 0.6 is 0 Å². The Labute approximate surface area is 101 Å². The Hall–Kier alpha value is -0.260. The molecular formula is C12H21F2NO2. The van der Waals surface area contributed by atoms with Crippen LogP contribution in [0, 0.1) is 5.41 Å². The number of aliphatic hydroxyl groups excluding tert-OH is 1. The quantitative estimate of drug-likeness (QED) is 0.750. The summed E-state index contributed by atoms with van der Waals surface area (Å²) in [4.78, 5) is 0. The summed E-state index contributed by atoms with van der Waals surface area (Å²) in [6.07, 6.45) is 4.36. The second-order valence-electron chi connectivity index (χ2n) is 5.21. The molecule has 0 aromatic carbocycles. The van der Waals surface area contributed by atoms with E-state index in [4.69, 9.17) is 9.84 Å². The van der Waals surface area contributed by atoms with Crippen LogP contribution in [0.1, 0.15) is 32.6 Å². The van der Waals surface area contributed by atoms with Crippen molar-refractivity contribution in [3.8, 4) is 0 Å². The number of hydrogen-bond donors (Lipinski definition) is 2. The summed E-state index contributed by atoms with van der Waals surface area (Å²) in [5.74, 6) is -3.01. The van der Waals surface area contributed by atoms with Crippen molar-refractivity contribution < 1.29 is 18.6 Å². The Morgan fingerprint density at radius 3 is 2.65 bits per heavy atom. The van der Waals surface area contributed by atoms with Gasteiger partial charge in [-0.15, -0.1) is 0 Å². The molecule has 2 aliphatic carbocycles. The minimum Gasteiger partial charge on any atom is -0.390 e. The molecule has 0 heterocycles. The van der Waals surface area contributed by atoms with E-state index < -0.39 is 19.1 Å². The third-order valence-corrected chi connectivity index (χ3v) is 4.28. The third-order valence-electron chi connectivity index (χ3n) is 4.28. The average Bonchev–Trinajstić information content (AvgIpc) is 2.20. The van der Waals surface area contributed by atoms with E-state index in [2.05, 4.69) is 5.32 Å². The number of halogens is 2. The van der Waals surface area contributed by atoms with Gasteiger partial charge in [0, 0.05) is 18.1 Å².